The van der Waals surface area contributed by atoms with E-state index in [9.17, 15) is 4.79 Å². The minimum atomic E-state index is -0.252. The molecule has 0 bridgehead atoms. The molecule has 0 unspecified atom stereocenters. The van der Waals surface area contributed by atoms with Gasteiger partial charge in [-0.05, 0) is 73.1 Å². The molecule has 0 aromatic heterocycles. The lowest BCUT2D eigenvalue weighted by Gasteiger charge is -2.12. The lowest BCUT2D eigenvalue weighted by atomic mass is 10.1. The molecule has 3 rings (SSSR count). The number of carbonyl (C=O) groups is 1. The van der Waals surface area contributed by atoms with Gasteiger partial charge in [-0.3, -0.25) is 10.1 Å². The molecule has 0 radical (unpaired) electrons. The molecule has 1 fully saturated rings. The molecule has 2 aromatic carbocycles. The van der Waals surface area contributed by atoms with Crippen molar-refractivity contribution in [1.82, 2.24) is 10.6 Å². The van der Waals surface area contributed by atoms with E-state index in [-0.39, 0.29) is 5.91 Å². The van der Waals surface area contributed by atoms with Crippen LogP contribution in [0.1, 0.15) is 23.1 Å². The van der Waals surface area contributed by atoms with Crippen molar-refractivity contribution in [2.45, 2.75) is 20.3 Å². The zero-order chi connectivity index (χ0) is 20.8. The highest BCUT2D eigenvalue weighted by molar-refractivity contribution is 7.80. The fourth-order valence-electron chi connectivity index (χ4n) is 2.99. The van der Waals surface area contributed by atoms with Crippen LogP contribution < -0.4 is 24.8 Å². The SMILES string of the molecule is COc1cc(C=C2NC(=S)NC2=O)ccc1OCCCOc1cc(C)cc(C)c1. The van der Waals surface area contributed by atoms with Crippen molar-refractivity contribution in [2.75, 3.05) is 20.3 Å². The monoisotopic (exact) mass is 412 g/mol. The normalized spacial score (nSPS) is 14.5. The highest BCUT2D eigenvalue weighted by Crippen LogP contribution is 2.29. The highest BCUT2D eigenvalue weighted by atomic mass is 32.1. The van der Waals surface area contributed by atoms with Crippen LogP contribution in [0.15, 0.2) is 42.1 Å². The smallest absolute Gasteiger partial charge is 0.273 e. The first-order valence-electron chi connectivity index (χ1n) is 9.30. The molecule has 0 saturated carbocycles. The second-order valence-corrected chi connectivity index (χ2v) is 7.16. The fraction of sp³-hybridized carbons (Fsp3) is 0.273. The van der Waals surface area contributed by atoms with Crippen molar-refractivity contribution in [3.8, 4) is 17.2 Å². The van der Waals surface area contributed by atoms with Crippen LogP contribution in [0.5, 0.6) is 17.2 Å². The van der Waals surface area contributed by atoms with E-state index in [4.69, 9.17) is 26.4 Å². The molecule has 1 aliphatic rings. The predicted octanol–water partition coefficient (Wildman–Crippen LogP) is 3.51. The van der Waals surface area contributed by atoms with E-state index in [1.165, 1.54) is 11.1 Å². The Morgan fingerprint density at radius 3 is 2.34 bits per heavy atom. The van der Waals surface area contributed by atoms with Gasteiger partial charge in [0.1, 0.15) is 11.4 Å². The second kappa shape index (κ2) is 9.43. The summed E-state index contributed by atoms with van der Waals surface area (Å²) in [5.41, 5.74) is 3.57. The molecule has 1 amide bonds. The van der Waals surface area contributed by atoms with E-state index in [0.29, 0.717) is 35.5 Å². The number of rotatable bonds is 8. The summed E-state index contributed by atoms with van der Waals surface area (Å²) in [7, 11) is 1.58. The number of methoxy groups -OCH3 is 1. The molecule has 29 heavy (non-hydrogen) atoms. The van der Waals surface area contributed by atoms with Gasteiger partial charge in [0, 0.05) is 6.42 Å². The molecular formula is C22H24N2O4S. The first-order chi connectivity index (χ1) is 13.9. The number of carbonyl (C=O) groups excluding carboxylic acids is 1. The lowest BCUT2D eigenvalue weighted by Crippen LogP contribution is -2.21. The average molecular weight is 413 g/mol. The quantitative estimate of drug-likeness (QED) is 0.393. The number of hydrogen-bond acceptors (Lipinski definition) is 5. The summed E-state index contributed by atoms with van der Waals surface area (Å²) in [5.74, 6) is 1.86. The van der Waals surface area contributed by atoms with Gasteiger partial charge >= 0.3 is 0 Å². The number of amides is 1. The maximum atomic E-state index is 11.8. The Bertz CT molecular complexity index is 936. The molecule has 2 aromatic rings. The number of ether oxygens (including phenoxy) is 3. The molecule has 2 N–H and O–H groups in total. The van der Waals surface area contributed by atoms with Gasteiger partial charge in [-0.1, -0.05) is 12.1 Å². The van der Waals surface area contributed by atoms with Crippen molar-refractivity contribution >= 4 is 29.3 Å². The topological polar surface area (TPSA) is 68.8 Å². The fourth-order valence-corrected chi connectivity index (χ4v) is 3.19. The van der Waals surface area contributed by atoms with Gasteiger partial charge in [-0.2, -0.15) is 0 Å². The van der Waals surface area contributed by atoms with Crippen LogP contribution >= 0.6 is 12.2 Å². The Hall–Kier alpha value is -3.06. The van der Waals surface area contributed by atoms with E-state index in [1.807, 2.05) is 30.3 Å². The molecule has 0 atom stereocenters. The first kappa shape index (κ1) is 20.7. The van der Waals surface area contributed by atoms with Crippen molar-refractivity contribution < 1.29 is 19.0 Å². The van der Waals surface area contributed by atoms with E-state index in [2.05, 4.69) is 30.5 Å². The minimum Gasteiger partial charge on any atom is -0.493 e. The van der Waals surface area contributed by atoms with Gasteiger partial charge in [-0.25, -0.2) is 0 Å². The van der Waals surface area contributed by atoms with E-state index < -0.39 is 0 Å². The Kier molecular flexibility index (Phi) is 6.72. The average Bonchev–Trinajstić information content (AvgIpc) is 2.98. The van der Waals surface area contributed by atoms with Crippen LogP contribution in [0, 0.1) is 13.8 Å². The van der Waals surface area contributed by atoms with Crippen LogP contribution in [0.3, 0.4) is 0 Å². The highest BCUT2D eigenvalue weighted by Gasteiger charge is 2.20. The van der Waals surface area contributed by atoms with Crippen LogP contribution in [0.2, 0.25) is 0 Å². The summed E-state index contributed by atoms with van der Waals surface area (Å²) in [5, 5.41) is 5.65. The summed E-state index contributed by atoms with van der Waals surface area (Å²) in [6.45, 7) is 5.17. The number of thiocarbonyl (C=S) groups is 1. The Morgan fingerprint density at radius 2 is 1.69 bits per heavy atom. The molecule has 0 aliphatic carbocycles. The van der Waals surface area contributed by atoms with Gasteiger partial charge in [0.25, 0.3) is 5.91 Å². The number of hydrogen-bond donors (Lipinski definition) is 2. The van der Waals surface area contributed by atoms with E-state index in [0.717, 1.165) is 17.7 Å². The third kappa shape index (κ3) is 5.71. The standard InChI is InChI=1S/C22H24N2O4S/c1-14-9-15(2)11-17(10-14)27-7-4-8-28-19-6-5-16(13-20(19)26-3)12-18-21(25)24-22(29)23-18/h5-6,9-13H,4,7-8H2,1-3H3,(H2,23,24,25,29). The first-order valence-corrected chi connectivity index (χ1v) is 9.71. The third-order valence-corrected chi connectivity index (χ3v) is 4.43. The molecular weight excluding hydrogens is 388 g/mol. The summed E-state index contributed by atoms with van der Waals surface area (Å²) in [6.07, 6.45) is 2.45. The van der Waals surface area contributed by atoms with Crippen molar-refractivity contribution in [1.29, 1.82) is 0 Å². The number of benzene rings is 2. The lowest BCUT2D eigenvalue weighted by molar-refractivity contribution is -0.115. The Labute approximate surface area is 175 Å². The van der Waals surface area contributed by atoms with Crippen molar-refractivity contribution in [2.24, 2.45) is 0 Å². The van der Waals surface area contributed by atoms with Crippen LogP contribution in [0.4, 0.5) is 0 Å². The Balaban J connectivity index is 1.53. The molecule has 152 valence electrons. The van der Waals surface area contributed by atoms with Crippen LogP contribution in [0.25, 0.3) is 6.08 Å². The zero-order valence-corrected chi connectivity index (χ0v) is 17.5. The second-order valence-electron chi connectivity index (χ2n) is 6.75. The Morgan fingerprint density at radius 1 is 0.966 bits per heavy atom. The molecule has 6 nitrogen and oxygen atoms in total. The van der Waals surface area contributed by atoms with Crippen molar-refractivity contribution in [3.63, 3.8) is 0 Å². The largest absolute Gasteiger partial charge is 0.493 e. The molecule has 1 heterocycles. The number of aryl methyl sites for hydroxylation is 2. The van der Waals surface area contributed by atoms with E-state index >= 15 is 0 Å². The van der Waals surface area contributed by atoms with Gasteiger partial charge in [0.2, 0.25) is 0 Å². The summed E-state index contributed by atoms with van der Waals surface area (Å²) < 4.78 is 17.1. The molecule has 7 heteroatoms. The summed E-state index contributed by atoms with van der Waals surface area (Å²) >= 11 is 4.93. The van der Waals surface area contributed by atoms with Gasteiger partial charge in [-0.15, -0.1) is 0 Å². The van der Waals surface area contributed by atoms with Gasteiger partial charge in [0.15, 0.2) is 16.6 Å². The number of nitrogens with one attached hydrogen (secondary N) is 2. The van der Waals surface area contributed by atoms with Gasteiger partial charge < -0.3 is 19.5 Å². The summed E-state index contributed by atoms with van der Waals surface area (Å²) in [6, 6.07) is 11.6. The molecule has 0 spiro atoms. The third-order valence-electron chi connectivity index (χ3n) is 4.23. The van der Waals surface area contributed by atoms with E-state index in [1.54, 1.807) is 13.2 Å². The molecule has 1 saturated heterocycles. The summed E-state index contributed by atoms with van der Waals surface area (Å²) in [4.78, 5) is 11.8. The van der Waals surface area contributed by atoms with Crippen molar-refractivity contribution in [3.05, 3.63) is 58.8 Å². The maximum Gasteiger partial charge on any atom is 0.273 e. The maximum absolute atomic E-state index is 11.8. The van der Waals surface area contributed by atoms with Crippen LogP contribution in [-0.2, 0) is 4.79 Å². The predicted molar refractivity (Wildman–Crippen MR) is 116 cm³/mol. The van der Waals surface area contributed by atoms with Gasteiger partial charge in [0.05, 0.1) is 20.3 Å². The van der Waals surface area contributed by atoms with Crippen LogP contribution in [-0.4, -0.2) is 31.3 Å². The molecule has 1 aliphatic heterocycles. The zero-order valence-electron chi connectivity index (χ0n) is 16.7. The minimum absolute atomic E-state index is 0.252.